The van der Waals surface area contributed by atoms with E-state index in [4.69, 9.17) is 14.2 Å². The smallest absolute Gasteiger partial charge is 0.310 e. The number of rotatable bonds is 5. The molecule has 1 aliphatic heterocycles. The molecule has 0 bridgehead atoms. The first-order valence-corrected chi connectivity index (χ1v) is 10.3. The quantitative estimate of drug-likeness (QED) is 0.602. The van der Waals surface area contributed by atoms with Gasteiger partial charge >= 0.3 is 5.97 Å². The van der Waals surface area contributed by atoms with Crippen LogP contribution in [0.3, 0.4) is 0 Å². The van der Waals surface area contributed by atoms with E-state index in [9.17, 15) is 4.79 Å². The SMILES string of the molecule is CCOC(=O)C1CCCN(c2ncc(-c3cc(C)no3)c(-c3cccs3)n2)C1. The van der Waals surface area contributed by atoms with E-state index in [-0.39, 0.29) is 11.9 Å². The van der Waals surface area contributed by atoms with Crippen LogP contribution in [0.5, 0.6) is 0 Å². The fourth-order valence-corrected chi connectivity index (χ4v) is 4.14. The van der Waals surface area contributed by atoms with Crippen LogP contribution < -0.4 is 4.90 Å². The molecular weight excluding hydrogens is 376 g/mol. The molecule has 1 saturated heterocycles. The van der Waals surface area contributed by atoms with Crippen molar-refractivity contribution in [3.8, 4) is 21.9 Å². The Labute approximate surface area is 167 Å². The summed E-state index contributed by atoms with van der Waals surface area (Å²) in [6, 6.07) is 5.91. The second-order valence-electron chi connectivity index (χ2n) is 6.78. The molecule has 1 fully saturated rings. The van der Waals surface area contributed by atoms with Crippen molar-refractivity contribution in [2.75, 3.05) is 24.6 Å². The highest BCUT2D eigenvalue weighted by Gasteiger charge is 2.29. The summed E-state index contributed by atoms with van der Waals surface area (Å²) in [6.45, 7) is 5.51. The molecule has 7 nitrogen and oxygen atoms in total. The molecule has 3 aromatic heterocycles. The minimum Gasteiger partial charge on any atom is -0.466 e. The molecule has 0 aromatic carbocycles. The molecule has 1 atom stereocenters. The van der Waals surface area contributed by atoms with Crippen molar-refractivity contribution in [1.82, 2.24) is 15.1 Å². The molecule has 1 aliphatic rings. The van der Waals surface area contributed by atoms with E-state index in [0.717, 1.165) is 41.2 Å². The molecule has 4 rings (SSSR count). The fourth-order valence-electron chi connectivity index (χ4n) is 3.41. The molecule has 8 heteroatoms. The number of carbonyl (C=O) groups excluding carboxylic acids is 1. The van der Waals surface area contributed by atoms with Gasteiger partial charge in [-0.25, -0.2) is 9.97 Å². The number of aryl methyl sites for hydroxylation is 1. The van der Waals surface area contributed by atoms with Crippen LogP contribution in [-0.4, -0.2) is 40.8 Å². The number of nitrogens with zero attached hydrogens (tertiary/aromatic N) is 4. The average molecular weight is 398 g/mol. The Morgan fingerprint density at radius 1 is 1.46 bits per heavy atom. The Bertz CT molecular complexity index is 954. The third-order valence-corrected chi connectivity index (χ3v) is 5.62. The maximum absolute atomic E-state index is 12.2. The van der Waals surface area contributed by atoms with E-state index in [2.05, 4.69) is 15.0 Å². The first-order valence-electron chi connectivity index (χ1n) is 9.42. The third-order valence-electron chi connectivity index (χ3n) is 4.75. The first kappa shape index (κ1) is 18.6. The van der Waals surface area contributed by atoms with Crippen LogP contribution in [0.25, 0.3) is 21.9 Å². The summed E-state index contributed by atoms with van der Waals surface area (Å²) < 4.78 is 10.7. The second kappa shape index (κ2) is 8.10. The Balaban J connectivity index is 1.67. The maximum Gasteiger partial charge on any atom is 0.310 e. The van der Waals surface area contributed by atoms with Gasteiger partial charge in [0.2, 0.25) is 5.95 Å². The summed E-state index contributed by atoms with van der Waals surface area (Å²) in [6.07, 6.45) is 3.53. The van der Waals surface area contributed by atoms with E-state index in [1.807, 2.05) is 37.4 Å². The zero-order chi connectivity index (χ0) is 19.5. The predicted molar refractivity (Wildman–Crippen MR) is 107 cm³/mol. The Morgan fingerprint density at radius 2 is 2.36 bits per heavy atom. The lowest BCUT2D eigenvalue weighted by Crippen LogP contribution is -2.40. The zero-order valence-electron chi connectivity index (χ0n) is 15.9. The van der Waals surface area contributed by atoms with Crippen molar-refractivity contribution in [3.63, 3.8) is 0 Å². The highest BCUT2D eigenvalue weighted by Crippen LogP contribution is 2.34. The maximum atomic E-state index is 12.2. The highest BCUT2D eigenvalue weighted by atomic mass is 32.1. The van der Waals surface area contributed by atoms with Gasteiger partial charge in [-0.1, -0.05) is 11.2 Å². The molecule has 3 aromatic rings. The van der Waals surface area contributed by atoms with Gasteiger partial charge in [0.05, 0.1) is 34.4 Å². The fraction of sp³-hybridized carbons (Fsp3) is 0.400. The lowest BCUT2D eigenvalue weighted by atomic mass is 9.98. The van der Waals surface area contributed by atoms with Gasteiger partial charge in [0.15, 0.2) is 5.76 Å². The van der Waals surface area contributed by atoms with Gasteiger partial charge in [0.1, 0.15) is 0 Å². The zero-order valence-corrected chi connectivity index (χ0v) is 16.7. The molecule has 0 amide bonds. The standard InChI is InChI=1S/C20H22N4O3S/c1-3-26-19(25)14-6-4-8-24(12-14)20-21-11-15(16-10-13(2)23-27-16)18(22-20)17-7-5-9-28-17/h5,7,9-11,14H,3-4,6,8,12H2,1-2H3. The van der Waals surface area contributed by atoms with Gasteiger partial charge in [0.25, 0.3) is 0 Å². The first-order chi connectivity index (χ1) is 13.7. The van der Waals surface area contributed by atoms with Crippen LogP contribution in [0.4, 0.5) is 5.95 Å². The largest absolute Gasteiger partial charge is 0.466 e. The van der Waals surface area contributed by atoms with E-state index in [0.29, 0.717) is 24.9 Å². The second-order valence-corrected chi connectivity index (χ2v) is 7.73. The van der Waals surface area contributed by atoms with Gasteiger partial charge in [-0.3, -0.25) is 4.79 Å². The minimum absolute atomic E-state index is 0.139. The van der Waals surface area contributed by atoms with Crippen molar-refractivity contribution in [3.05, 3.63) is 35.5 Å². The predicted octanol–water partition coefficient (Wildman–Crippen LogP) is 3.95. The molecule has 0 N–H and O–H groups in total. The number of aromatic nitrogens is 3. The van der Waals surface area contributed by atoms with Gasteiger partial charge in [-0.15, -0.1) is 11.3 Å². The van der Waals surface area contributed by atoms with Gasteiger partial charge in [-0.05, 0) is 38.1 Å². The average Bonchev–Trinajstić information content (AvgIpc) is 3.40. The van der Waals surface area contributed by atoms with Crippen LogP contribution >= 0.6 is 11.3 Å². The van der Waals surface area contributed by atoms with E-state index in [1.165, 1.54) is 0 Å². The number of anilines is 1. The number of hydrogen-bond donors (Lipinski definition) is 0. The van der Waals surface area contributed by atoms with Gasteiger partial charge < -0.3 is 14.2 Å². The van der Waals surface area contributed by atoms with Crippen molar-refractivity contribution >= 4 is 23.3 Å². The molecule has 0 radical (unpaired) electrons. The van der Waals surface area contributed by atoms with Gasteiger partial charge in [-0.2, -0.15) is 0 Å². The summed E-state index contributed by atoms with van der Waals surface area (Å²) >= 11 is 1.61. The Hall–Kier alpha value is -2.74. The topological polar surface area (TPSA) is 81.4 Å². The van der Waals surface area contributed by atoms with Crippen molar-refractivity contribution in [2.24, 2.45) is 5.92 Å². The van der Waals surface area contributed by atoms with Gasteiger partial charge in [0, 0.05) is 25.4 Å². The molecule has 1 unspecified atom stereocenters. The molecule has 0 saturated carbocycles. The summed E-state index contributed by atoms with van der Waals surface area (Å²) in [5, 5.41) is 6.00. The van der Waals surface area contributed by atoms with E-state index < -0.39 is 0 Å². The summed E-state index contributed by atoms with van der Waals surface area (Å²) in [7, 11) is 0. The van der Waals surface area contributed by atoms with Crippen LogP contribution in [-0.2, 0) is 9.53 Å². The Morgan fingerprint density at radius 3 is 3.07 bits per heavy atom. The number of ether oxygens (including phenoxy) is 1. The monoisotopic (exact) mass is 398 g/mol. The van der Waals surface area contributed by atoms with Crippen LogP contribution in [0.1, 0.15) is 25.5 Å². The lowest BCUT2D eigenvalue weighted by Gasteiger charge is -2.31. The molecule has 0 spiro atoms. The Kier molecular flexibility index (Phi) is 5.38. The summed E-state index contributed by atoms with van der Waals surface area (Å²) in [5.74, 6) is 0.992. The summed E-state index contributed by atoms with van der Waals surface area (Å²) in [4.78, 5) is 24.7. The third kappa shape index (κ3) is 3.77. The molecule has 146 valence electrons. The molecule has 0 aliphatic carbocycles. The van der Waals surface area contributed by atoms with E-state index >= 15 is 0 Å². The van der Waals surface area contributed by atoms with Crippen LogP contribution in [0.15, 0.2) is 34.3 Å². The minimum atomic E-state index is -0.140. The number of carbonyl (C=O) groups is 1. The van der Waals surface area contributed by atoms with Crippen molar-refractivity contribution in [1.29, 1.82) is 0 Å². The number of hydrogen-bond acceptors (Lipinski definition) is 8. The lowest BCUT2D eigenvalue weighted by molar-refractivity contribution is -0.148. The van der Waals surface area contributed by atoms with Crippen molar-refractivity contribution in [2.45, 2.75) is 26.7 Å². The number of esters is 1. The molecular formula is C20H22N4O3S. The molecule has 4 heterocycles. The highest BCUT2D eigenvalue weighted by molar-refractivity contribution is 7.13. The summed E-state index contributed by atoms with van der Waals surface area (Å²) in [5.41, 5.74) is 2.43. The molecule has 28 heavy (non-hydrogen) atoms. The number of piperidine rings is 1. The van der Waals surface area contributed by atoms with Crippen LogP contribution in [0, 0.1) is 12.8 Å². The van der Waals surface area contributed by atoms with Crippen LogP contribution in [0.2, 0.25) is 0 Å². The normalized spacial score (nSPS) is 16.9. The number of thiophene rings is 1. The van der Waals surface area contributed by atoms with Crippen molar-refractivity contribution < 1.29 is 14.1 Å². The van der Waals surface area contributed by atoms with E-state index in [1.54, 1.807) is 17.5 Å².